The van der Waals surface area contributed by atoms with Crippen LogP contribution in [0, 0.1) is 0 Å². The molecular formula is C17H14ClN3O2S. The lowest BCUT2D eigenvalue weighted by molar-refractivity contribution is -0.115. The fraction of sp³-hybridized carbons (Fsp3) is 0.118. The zero-order chi connectivity index (χ0) is 16.8. The minimum Gasteiger partial charge on any atom is -0.411 e. The fourth-order valence-electron chi connectivity index (χ4n) is 1.99. The van der Waals surface area contributed by atoms with Crippen molar-refractivity contribution in [3.05, 3.63) is 59.6 Å². The summed E-state index contributed by atoms with van der Waals surface area (Å²) in [5, 5.41) is 11.8. The van der Waals surface area contributed by atoms with Crippen LogP contribution in [0.2, 0.25) is 5.02 Å². The average molecular weight is 360 g/mol. The van der Waals surface area contributed by atoms with Gasteiger partial charge in [0.1, 0.15) is 0 Å². The summed E-state index contributed by atoms with van der Waals surface area (Å²) in [6, 6.07) is 16.6. The van der Waals surface area contributed by atoms with Crippen molar-refractivity contribution < 1.29 is 9.21 Å². The molecule has 0 aliphatic rings. The molecule has 3 rings (SSSR count). The molecule has 0 bridgehead atoms. The number of halogens is 1. The van der Waals surface area contributed by atoms with Gasteiger partial charge >= 0.3 is 0 Å². The van der Waals surface area contributed by atoms with E-state index in [-0.39, 0.29) is 5.91 Å². The van der Waals surface area contributed by atoms with Crippen LogP contribution < -0.4 is 5.32 Å². The van der Waals surface area contributed by atoms with E-state index in [0.29, 0.717) is 34.0 Å². The van der Waals surface area contributed by atoms with Crippen molar-refractivity contribution in [2.24, 2.45) is 0 Å². The molecule has 5 nitrogen and oxygen atoms in total. The van der Waals surface area contributed by atoms with Crippen LogP contribution >= 0.6 is 23.4 Å². The molecule has 24 heavy (non-hydrogen) atoms. The number of anilines is 1. The first-order valence-corrected chi connectivity index (χ1v) is 8.64. The van der Waals surface area contributed by atoms with Crippen molar-refractivity contribution in [1.29, 1.82) is 0 Å². The Balaban J connectivity index is 1.48. The van der Waals surface area contributed by atoms with Crippen molar-refractivity contribution in [1.82, 2.24) is 10.2 Å². The second kappa shape index (κ2) is 7.99. The molecule has 1 heterocycles. The van der Waals surface area contributed by atoms with Gasteiger partial charge in [-0.3, -0.25) is 4.79 Å². The number of amides is 1. The third kappa shape index (κ3) is 4.59. The largest absolute Gasteiger partial charge is 0.411 e. The summed E-state index contributed by atoms with van der Waals surface area (Å²) >= 11 is 7.23. The van der Waals surface area contributed by atoms with Gasteiger partial charge in [0, 0.05) is 28.4 Å². The fourth-order valence-corrected chi connectivity index (χ4v) is 2.88. The molecule has 0 spiro atoms. The molecule has 0 aliphatic heterocycles. The highest BCUT2D eigenvalue weighted by Gasteiger charge is 2.10. The van der Waals surface area contributed by atoms with Gasteiger partial charge in [-0.15, -0.1) is 10.2 Å². The van der Waals surface area contributed by atoms with E-state index in [1.54, 1.807) is 24.3 Å². The lowest BCUT2D eigenvalue weighted by Gasteiger charge is -2.04. The van der Waals surface area contributed by atoms with Gasteiger partial charge in [0.2, 0.25) is 11.8 Å². The van der Waals surface area contributed by atoms with Crippen LogP contribution in [-0.4, -0.2) is 21.9 Å². The van der Waals surface area contributed by atoms with Gasteiger partial charge in [0.25, 0.3) is 5.22 Å². The molecule has 0 atom stereocenters. The van der Waals surface area contributed by atoms with E-state index in [9.17, 15) is 4.79 Å². The minimum absolute atomic E-state index is 0.0902. The number of carbonyl (C=O) groups excluding carboxylic acids is 1. The third-order valence-corrected chi connectivity index (χ3v) is 4.15. The number of benzene rings is 2. The zero-order valence-corrected chi connectivity index (χ0v) is 14.2. The van der Waals surface area contributed by atoms with Crippen LogP contribution in [-0.2, 0) is 4.79 Å². The van der Waals surface area contributed by atoms with E-state index in [1.807, 2.05) is 30.3 Å². The van der Waals surface area contributed by atoms with Gasteiger partial charge < -0.3 is 9.73 Å². The van der Waals surface area contributed by atoms with E-state index >= 15 is 0 Å². The molecule has 0 saturated heterocycles. The summed E-state index contributed by atoms with van der Waals surface area (Å²) in [4.78, 5) is 11.9. The molecule has 1 amide bonds. The minimum atomic E-state index is -0.0902. The average Bonchev–Trinajstić information content (AvgIpc) is 3.04. The maximum atomic E-state index is 11.9. The van der Waals surface area contributed by atoms with Gasteiger partial charge in [-0.2, -0.15) is 0 Å². The normalized spacial score (nSPS) is 10.5. The summed E-state index contributed by atoms with van der Waals surface area (Å²) in [6.07, 6.45) is 0.334. The van der Waals surface area contributed by atoms with Gasteiger partial charge in [-0.1, -0.05) is 47.6 Å². The van der Waals surface area contributed by atoms with Crippen molar-refractivity contribution in [3.8, 4) is 11.5 Å². The molecule has 1 aromatic heterocycles. The molecule has 122 valence electrons. The lowest BCUT2D eigenvalue weighted by atomic mass is 10.2. The number of rotatable bonds is 6. The van der Waals surface area contributed by atoms with Crippen molar-refractivity contribution in [3.63, 3.8) is 0 Å². The Morgan fingerprint density at radius 1 is 1.12 bits per heavy atom. The first-order chi connectivity index (χ1) is 11.7. The molecule has 7 heteroatoms. The number of nitrogens with one attached hydrogen (secondary N) is 1. The second-order valence-corrected chi connectivity index (χ2v) is 6.38. The van der Waals surface area contributed by atoms with Crippen LogP contribution in [0.1, 0.15) is 6.42 Å². The van der Waals surface area contributed by atoms with Gasteiger partial charge in [0.15, 0.2) is 0 Å². The quantitative estimate of drug-likeness (QED) is 0.656. The van der Waals surface area contributed by atoms with Crippen molar-refractivity contribution >= 4 is 35.0 Å². The summed E-state index contributed by atoms with van der Waals surface area (Å²) in [5.41, 5.74) is 1.55. The maximum absolute atomic E-state index is 11.9. The number of hydrogen-bond donors (Lipinski definition) is 1. The van der Waals surface area contributed by atoms with Gasteiger partial charge in [0.05, 0.1) is 0 Å². The van der Waals surface area contributed by atoms with E-state index in [2.05, 4.69) is 15.5 Å². The molecular weight excluding hydrogens is 346 g/mol. The number of nitrogens with zero attached hydrogens (tertiary/aromatic N) is 2. The summed E-state index contributed by atoms with van der Waals surface area (Å²) in [7, 11) is 0. The SMILES string of the molecule is O=C(CCSc1nnc(-c2ccccc2)o1)Nc1cccc(Cl)c1. The number of aromatic nitrogens is 2. The number of carbonyl (C=O) groups is 1. The molecule has 0 saturated carbocycles. The van der Waals surface area contributed by atoms with Crippen LogP contribution in [0.15, 0.2) is 64.2 Å². The highest BCUT2D eigenvalue weighted by atomic mass is 35.5. The predicted octanol–water partition coefficient (Wildman–Crippen LogP) is 4.51. The van der Waals surface area contributed by atoms with Crippen molar-refractivity contribution in [2.45, 2.75) is 11.6 Å². The monoisotopic (exact) mass is 359 g/mol. The lowest BCUT2D eigenvalue weighted by Crippen LogP contribution is -2.12. The van der Waals surface area contributed by atoms with Gasteiger partial charge in [-0.05, 0) is 30.3 Å². The van der Waals surface area contributed by atoms with E-state index < -0.39 is 0 Å². The Kier molecular flexibility index (Phi) is 5.51. The topological polar surface area (TPSA) is 68.0 Å². The number of hydrogen-bond acceptors (Lipinski definition) is 5. The molecule has 0 fully saturated rings. The van der Waals surface area contributed by atoms with Crippen LogP contribution in [0.3, 0.4) is 0 Å². The Morgan fingerprint density at radius 2 is 1.96 bits per heavy atom. The first-order valence-electron chi connectivity index (χ1n) is 7.28. The third-order valence-electron chi connectivity index (χ3n) is 3.09. The van der Waals surface area contributed by atoms with Crippen molar-refractivity contribution in [2.75, 3.05) is 11.1 Å². The molecule has 1 N–H and O–H groups in total. The molecule has 0 radical (unpaired) electrons. The van der Waals surface area contributed by atoms with Crippen LogP contribution in [0.25, 0.3) is 11.5 Å². The van der Waals surface area contributed by atoms with Gasteiger partial charge in [-0.25, -0.2) is 0 Å². The van der Waals surface area contributed by atoms with Crippen LogP contribution in [0.5, 0.6) is 0 Å². The zero-order valence-electron chi connectivity index (χ0n) is 12.6. The molecule has 3 aromatic rings. The molecule has 2 aromatic carbocycles. The predicted molar refractivity (Wildman–Crippen MR) is 95.2 cm³/mol. The molecule has 0 aliphatic carbocycles. The maximum Gasteiger partial charge on any atom is 0.276 e. The summed E-state index contributed by atoms with van der Waals surface area (Å²) in [6.45, 7) is 0. The van der Waals surface area contributed by atoms with E-state index in [0.717, 1.165) is 5.56 Å². The van der Waals surface area contributed by atoms with Crippen LogP contribution in [0.4, 0.5) is 5.69 Å². The Hall–Kier alpha value is -2.31. The Labute approximate surface area is 148 Å². The Morgan fingerprint density at radius 3 is 2.75 bits per heavy atom. The summed E-state index contributed by atoms with van der Waals surface area (Å²) < 4.78 is 5.58. The first kappa shape index (κ1) is 16.5. The molecule has 0 unspecified atom stereocenters. The second-order valence-electron chi connectivity index (χ2n) is 4.90. The highest BCUT2D eigenvalue weighted by Crippen LogP contribution is 2.23. The smallest absolute Gasteiger partial charge is 0.276 e. The number of thioether (sulfide) groups is 1. The summed E-state index contributed by atoms with van der Waals surface area (Å²) in [5.74, 6) is 0.928. The highest BCUT2D eigenvalue weighted by molar-refractivity contribution is 7.99. The Bertz CT molecular complexity index is 823. The van der Waals surface area contributed by atoms with E-state index in [1.165, 1.54) is 11.8 Å². The standard InChI is InChI=1S/C17H14ClN3O2S/c18-13-7-4-8-14(11-13)19-15(22)9-10-24-17-21-20-16(23-17)12-5-2-1-3-6-12/h1-8,11H,9-10H2,(H,19,22). The van der Waals surface area contributed by atoms with E-state index in [4.69, 9.17) is 16.0 Å².